The number of hydrogen-bond donors (Lipinski definition) is 0. The zero-order valence-electron chi connectivity index (χ0n) is 11.9. The first-order valence-electron chi connectivity index (χ1n) is 7.17. The van der Waals surface area contributed by atoms with Gasteiger partial charge in [0.15, 0.2) is 12.2 Å². The number of carbonyl (C=O) groups is 1. The highest BCUT2D eigenvalue weighted by Gasteiger charge is 2.40. The van der Waals surface area contributed by atoms with Crippen molar-refractivity contribution in [3.8, 4) is 0 Å². The number of nitrogens with zero attached hydrogens (tertiary/aromatic N) is 5. The van der Waals surface area contributed by atoms with Crippen LogP contribution in [0.1, 0.15) is 46.7 Å². The van der Waals surface area contributed by atoms with Gasteiger partial charge in [-0.15, -0.1) is 10.2 Å². The third-order valence-corrected chi connectivity index (χ3v) is 4.05. The number of alkyl halides is 3. The van der Waals surface area contributed by atoms with Crippen molar-refractivity contribution in [2.24, 2.45) is 0 Å². The van der Waals surface area contributed by atoms with E-state index in [9.17, 15) is 18.0 Å². The van der Waals surface area contributed by atoms with E-state index in [0.717, 1.165) is 17.4 Å². The molecule has 0 N–H and O–H groups in total. The van der Waals surface area contributed by atoms with E-state index in [1.165, 1.54) is 11.3 Å². The maximum absolute atomic E-state index is 12.8. The lowest BCUT2D eigenvalue weighted by molar-refractivity contribution is -0.147. The van der Waals surface area contributed by atoms with Gasteiger partial charge < -0.3 is 13.9 Å². The van der Waals surface area contributed by atoms with Crippen molar-refractivity contribution in [2.45, 2.75) is 38.0 Å². The molecule has 122 valence electrons. The van der Waals surface area contributed by atoms with E-state index in [4.69, 9.17) is 4.42 Å². The highest BCUT2D eigenvalue weighted by Crippen LogP contribution is 2.41. The quantitative estimate of drug-likeness (QED) is 0.841. The van der Waals surface area contributed by atoms with Gasteiger partial charge in [0.1, 0.15) is 0 Å². The van der Waals surface area contributed by atoms with Crippen molar-refractivity contribution in [2.75, 3.05) is 6.54 Å². The Kier molecular flexibility index (Phi) is 2.97. The summed E-state index contributed by atoms with van der Waals surface area (Å²) in [5.41, 5.74) is 0.637. The Morgan fingerprint density at radius 2 is 2.04 bits per heavy atom. The Hall–Kier alpha value is -2.39. The van der Waals surface area contributed by atoms with Gasteiger partial charge in [0, 0.05) is 19.0 Å². The van der Waals surface area contributed by atoms with E-state index in [-0.39, 0.29) is 43.0 Å². The van der Waals surface area contributed by atoms with Crippen LogP contribution < -0.4 is 0 Å². The number of hydrogen-bond acceptors (Lipinski definition) is 5. The zero-order valence-corrected chi connectivity index (χ0v) is 11.9. The Morgan fingerprint density at radius 3 is 2.74 bits per heavy atom. The fraction of sp³-hybridized carbons (Fsp3) is 0.538. The van der Waals surface area contributed by atoms with Gasteiger partial charge in [0.25, 0.3) is 5.91 Å². The van der Waals surface area contributed by atoms with Crippen molar-refractivity contribution in [3.63, 3.8) is 0 Å². The summed E-state index contributed by atoms with van der Waals surface area (Å²) in [7, 11) is 0. The summed E-state index contributed by atoms with van der Waals surface area (Å²) in [6.45, 7) is 0.0975. The molecule has 3 heterocycles. The van der Waals surface area contributed by atoms with Crippen molar-refractivity contribution in [1.82, 2.24) is 24.6 Å². The van der Waals surface area contributed by atoms with Crippen LogP contribution in [-0.2, 0) is 19.3 Å². The highest BCUT2D eigenvalue weighted by atomic mass is 19.4. The second-order valence-electron chi connectivity index (χ2n) is 5.66. The monoisotopic (exact) mass is 327 g/mol. The molecule has 0 radical (unpaired) electrons. The maximum atomic E-state index is 12.8. The second kappa shape index (κ2) is 4.80. The summed E-state index contributed by atoms with van der Waals surface area (Å²) >= 11 is 0. The topological polar surface area (TPSA) is 77.0 Å². The molecule has 0 spiro atoms. The van der Waals surface area contributed by atoms with Crippen molar-refractivity contribution >= 4 is 5.91 Å². The number of amides is 1. The SMILES string of the molecule is O=C(c1ocnc1C1CC1)N1CCn2c(nnc2C(F)(F)F)C1. The third-order valence-electron chi connectivity index (χ3n) is 4.05. The molecule has 2 aromatic heterocycles. The highest BCUT2D eigenvalue weighted by molar-refractivity contribution is 5.92. The molecule has 1 saturated carbocycles. The van der Waals surface area contributed by atoms with E-state index in [0.29, 0.717) is 5.69 Å². The first-order chi connectivity index (χ1) is 10.9. The van der Waals surface area contributed by atoms with Gasteiger partial charge in [-0.25, -0.2) is 4.98 Å². The third kappa shape index (κ3) is 2.37. The Balaban J connectivity index is 1.57. The Labute approximate surface area is 128 Å². The van der Waals surface area contributed by atoms with Crippen LogP contribution >= 0.6 is 0 Å². The van der Waals surface area contributed by atoms with Gasteiger partial charge in [0.05, 0.1) is 12.2 Å². The van der Waals surface area contributed by atoms with Crippen LogP contribution in [0.3, 0.4) is 0 Å². The van der Waals surface area contributed by atoms with E-state index < -0.39 is 12.0 Å². The molecule has 10 heteroatoms. The summed E-state index contributed by atoms with van der Waals surface area (Å²) in [6, 6.07) is 0. The largest absolute Gasteiger partial charge is 0.451 e. The minimum absolute atomic E-state index is 0.00415. The fourth-order valence-electron chi connectivity index (χ4n) is 2.75. The number of halogens is 3. The minimum Gasteiger partial charge on any atom is -0.438 e. The number of fused-ring (bicyclic) bond motifs is 1. The van der Waals surface area contributed by atoms with Crippen LogP contribution in [0.2, 0.25) is 0 Å². The molecule has 0 saturated heterocycles. The lowest BCUT2D eigenvalue weighted by Gasteiger charge is -2.27. The molecule has 0 bridgehead atoms. The van der Waals surface area contributed by atoms with Crippen LogP contribution in [0.4, 0.5) is 13.2 Å². The molecule has 2 aromatic rings. The van der Waals surface area contributed by atoms with Crippen molar-refractivity contribution in [1.29, 1.82) is 0 Å². The Morgan fingerprint density at radius 1 is 1.26 bits per heavy atom. The molecule has 7 nitrogen and oxygen atoms in total. The van der Waals surface area contributed by atoms with Crippen LogP contribution in [0.25, 0.3) is 0 Å². The molecule has 0 aromatic carbocycles. The summed E-state index contributed by atoms with van der Waals surface area (Å²) in [6.07, 6.45) is -1.39. The van der Waals surface area contributed by atoms with Gasteiger partial charge in [-0.3, -0.25) is 4.79 Å². The fourth-order valence-corrected chi connectivity index (χ4v) is 2.75. The minimum atomic E-state index is -4.55. The summed E-state index contributed by atoms with van der Waals surface area (Å²) < 4.78 is 44.6. The molecule has 0 atom stereocenters. The summed E-state index contributed by atoms with van der Waals surface area (Å²) in [4.78, 5) is 18.0. The van der Waals surface area contributed by atoms with E-state index in [1.807, 2.05) is 0 Å². The summed E-state index contributed by atoms with van der Waals surface area (Å²) in [5.74, 6) is -0.857. The maximum Gasteiger partial charge on any atom is 0.451 e. The van der Waals surface area contributed by atoms with E-state index >= 15 is 0 Å². The Bertz CT molecular complexity index is 762. The second-order valence-corrected chi connectivity index (χ2v) is 5.66. The normalized spacial score (nSPS) is 18.1. The first kappa shape index (κ1) is 14.2. The zero-order chi connectivity index (χ0) is 16.2. The standard InChI is InChI=1S/C13H12F3N5O2/c14-13(15,16)12-19-18-8-5-20(3-4-21(8)12)11(22)10-9(7-1-2-7)17-6-23-10/h6-7H,1-5H2. The first-order valence-corrected chi connectivity index (χ1v) is 7.17. The van der Waals surface area contributed by atoms with Crippen LogP contribution in [0.15, 0.2) is 10.8 Å². The molecule has 0 unspecified atom stereocenters. The van der Waals surface area contributed by atoms with Crippen molar-refractivity contribution < 1.29 is 22.4 Å². The number of aromatic nitrogens is 4. The van der Waals surface area contributed by atoms with E-state index in [1.54, 1.807) is 0 Å². The van der Waals surface area contributed by atoms with Crippen LogP contribution in [0, 0.1) is 0 Å². The molecular formula is C13H12F3N5O2. The molecule has 23 heavy (non-hydrogen) atoms. The summed E-state index contributed by atoms with van der Waals surface area (Å²) in [5, 5.41) is 6.76. The number of carbonyl (C=O) groups excluding carboxylic acids is 1. The van der Waals surface area contributed by atoms with Gasteiger partial charge in [0.2, 0.25) is 11.6 Å². The molecule has 1 aliphatic heterocycles. The number of oxazole rings is 1. The number of rotatable bonds is 2. The van der Waals surface area contributed by atoms with Gasteiger partial charge in [-0.1, -0.05) is 0 Å². The van der Waals surface area contributed by atoms with Gasteiger partial charge in [-0.05, 0) is 12.8 Å². The average molecular weight is 327 g/mol. The van der Waals surface area contributed by atoms with Crippen LogP contribution in [-0.4, -0.2) is 37.1 Å². The van der Waals surface area contributed by atoms with Gasteiger partial charge in [-0.2, -0.15) is 13.2 Å². The molecular weight excluding hydrogens is 315 g/mol. The van der Waals surface area contributed by atoms with Crippen molar-refractivity contribution in [3.05, 3.63) is 29.5 Å². The molecule has 2 aliphatic rings. The van der Waals surface area contributed by atoms with Gasteiger partial charge >= 0.3 is 6.18 Å². The van der Waals surface area contributed by atoms with E-state index in [2.05, 4.69) is 15.2 Å². The molecule has 1 aliphatic carbocycles. The lowest BCUT2D eigenvalue weighted by atomic mass is 10.2. The predicted molar refractivity (Wildman–Crippen MR) is 68.2 cm³/mol. The molecule has 1 fully saturated rings. The average Bonchev–Trinajstić information content (AvgIpc) is 3.08. The molecule has 1 amide bonds. The lowest BCUT2D eigenvalue weighted by Crippen LogP contribution is -2.39. The smallest absolute Gasteiger partial charge is 0.438 e. The molecule has 4 rings (SSSR count). The van der Waals surface area contributed by atoms with Crippen LogP contribution in [0.5, 0.6) is 0 Å². The predicted octanol–water partition coefficient (Wildman–Crippen LogP) is 1.82.